The van der Waals surface area contributed by atoms with Crippen molar-refractivity contribution < 1.29 is 14.3 Å². The van der Waals surface area contributed by atoms with Crippen LogP contribution in [0.15, 0.2) is 53.4 Å². The molecule has 5 nitrogen and oxygen atoms in total. The van der Waals surface area contributed by atoms with Gasteiger partial charge in [0.1, 0.15) is 5.75 Å². The maximum atomic E-state index is 12.5. The zero-order valence-electron chi connectivity index (χ0n) is 13.4. The minimum absolute atomic E-state index is 0.0674. The molecule has 0 radical (unpaired) electrons. The molecule has 1 fully saturated rings. The predicted octanol–water partition coefficient (Wildman–Crippen LogP) is 4.45. The van der Waals surface area contributed by atoms with Gasteiger partial charge in [0.25, 0.3) is 11.1 Å². The molecular weight excluding hydrogens is 360 g/mol. The van der Waals surface area contributed by atoms with Gasteiger partial charge in [-0.3, -0.25) is 14.5 Å². The zero-order chi connectivity index (χ0) is 17.8. The second-order valence-electron chi connectivity index (χ2n) is 5.20. The molecule has 2 aromatic rings. The highest BCUT2D eigenvalue weighted by atomic mass is 35.5. The minimum Gasteiger partial charge on any atom is -0.495 e. The van der Waals surface area contributed by atoms with Crippen molar-refractivity contribution in [1.29, 1.82) is 0 Å². The summed E-state index contributed by atoms with van der Waals surface area (Å²) in [5.41, 5.74) is 1.48. The van der Waals surface area contributed by atoms with E-state index in [1.807, 2.05) is 24.3 Å². The molecule has 1 N–H and O–H groups in total. The number of para-hydroxylation sites is 2. The topological polar surface area (TPSA) is 58.6 Å². The SMILES string of the molecule is COc1ccccc1NCN1C(=O)S/C(=C\c2cccc(Cl)c2)C1=O. The van der Waals surface area contributed by atoms with E-state index in [1.54, 1.807) is 37.5 Å². The molecule has 7 heteroatoms. The average Bonchev–Trinajstić information content (AvgIpc) is 2.87. The minimum atomic E-state index is -0.336. The van der Waals surface area contributed by atoms with Crippen molar-refractivity contribution in [3.05, 3.63) is 64.0 Å². The number of anilines is 1. The molecule has 1 aliphatic rings. The van der Waals surface area contributed by atoms with Crippen LogP contribution >= 0.6 is 23.4 Å². The monoisotopic (exact) mass is 374 g/mol. The van der Waals surface area contributed by atoms with Crippen molar-refractivity contribution in [2.45, 2.75) is 0 Å². The number of nitrogens with one attached hydrogen (secondary N) is 1. The van der Waals surface area contributed by atoms with Gasteiger partial charge in [0.05, 0.1) is 24.4 Å². The summed E-state index contributed by atoms with van der Waals surface area (Å²) in [5, 5.41) is 3.31. The molecule has 0 spiro atoms. The van der Waals surface area contributed by atoms with Crippen molar-refractivity contribution in [3.8, 4) is 5.75 Å². The number of hydrogen-bond acceptors (Lipinski definition) is 5. The Kier molecular flexibility index (Phi) is 5.31. The predicted molar refractivity (Wildman–Crippen MR) is 101 cm³/mol. The van der Waals surface area contributed by atoms with Crippen molar-refractivity contribution >= 4 is 46.3 Å². The molecule has 3 rings (SSSR count). The number of carbonyl (C=O) groups excluding carboxylic acids is 2. The lowest BCUT2D eigenvalue weighted by molar-refractivity contribution is -0.122. The fourth-order valence-electron chi connectivity index (χ4n) is 2.34. The number of ether oxygens (including phenoxy) is 1. The normalized spacial score (nSPS) is 15.8. The number of amides is 2. The Morgan fingerprint density at radius 3 is 2.76 bits per heavy atom. The molecule has 0 atom stereocenters. The highest BCUT2D eigenvalue weighted by Gasteiger charge is 2.34. The Labute approximate surface area is 154 Å². The molecule has 0 aliphatic carbocycles. The molecule has 0 bridgehead atoms. The van der Waals surface area contributed by atoms with Gasteiger partial charge < -0.3 is 10.1 Å². The van der Waals surface area contributed by atoms with Crippen LogP contribution in [0, 0.1) is 0 Å². The van der Waals surface area contributed by atoms with E-state index >= 15 is 0 Å². The van der Waals surface area contributed by atoms with Crippen LogP contribution < -0.4 is 10.1 Å². The number of imide groups is 1. The number of benzene rings is 2. The summed E-state index contributed by atoms with van der Waals surface area (Å²) in [6.45, 7) is 0.0674. The summed E-state index contributed by atoms with van der Waals surface area (Å²) in [6.07, 6.45) is 1.67. The molecule has 1 heterocycles. The molecule has 0 aromatic heterocycles. The largest absolute Gasteiger partial charge is 0.495 e. The Bertz CT molecular complexity index is 854. The molecule has 2 aromatic carbocycles. The third kappa shape index (κ3) is 3.97. The van der Waals surface area contributed by atoms with E-state index in [1.165, 1.54) is 0 Å². The number of hydrogen-bond donors (Lipinski definition) is 1. The first kappa shape index (κ1) is 17.4. The number of carbonyl (C=O) groups is 2. The van der Waals surface area contributed by atoms with Gasteiger partial charge in [-0.2, -0.15) is 0 Å². The molecule has 0 saturated carbocycles. The lowest BCUT2D eigenvalue weighted by Crippen LogP contribution is -2.33. The summed E-state index contributed by atoms with van der Waals surface area (Å²) >= 11 is 6.86. The van der Waals surface area contributed by atoms with E-state index < -0.39 is 0 Å². The van der Waals surface area contributed by atoms with Crippen molar-refractivity contribution in [2.75, 3.05) is 19.1 Å². The smallest absolute Gasteiger partial charge is 0.295 e. The third-order valence-electron chi connectivity index (χ3n) is 3.55. The zero-order valence-corrected chi connectivity index (χ0v) is 14.9. The van der Waals surface area contributed by atoms with Gasteiger partial charge in [-0.05, 0) is 47.7 Å². The van der Waals surface area contributed by atoms with Crippen LogP contribution in [0.2, 0.25) is 5.02 Å². The van der Waals surface area contributed by atoms with Crippen LogP contribution in [0.1, 0.15) is 5.56 Å². The summed E-state index contributed by atoms with van der Waals surface area (Å²) in [5.74, 6) is 0.307. The van der Waals surface area contributed by atoms with E-state index in [0.29, 0.717) is 21.4 Å². The van der Waals surface area contributed by atoms with E-state index in [-0.39, 0.29) is 17.8 Å². The van der Waals surface area contributed by atoms with Crippen LogP contribution in [-0.2, 0) is 4.79 Å². The molecule has 1 aliphatic heterocycles. The van der Waals surface area contributed by atoms with Crippen LogP contribution in [0.4, 0.5) is 10.5 Å². The second kappa shape index (κ2) is 7.63. The van der Waals surface area contributed by atoms with Gasteiger partial charge in [0.2, 0.25) is 0 Å². The van der Waals surface area contributed by atoms with E-state index in [2.05, 4.69) is 5.32 Å². The van der Waals surface area contributed by atoms with Gasteiger partial charge in [-0.1, -0.05) is 35.9 Å². The Balaban J connectivity index is 1.73. The number of nitrogens with zero attached hydrogens (tertiary/aromatic N) is 1. The van der Waals surface area contributed by atoms with Gasteiger partial charge >= 0.3 is 0 Å². The molecule has 0 unspecified atom stereocenters. The third-order valence-corrected chi connectivity index (χ3v) is 4.70. The Hall–Kier alpha value is -2.44. The Morgan fingerprint density at radius 1 is 1.20 bits per heavy atom. The standard InChI is InChI=1S/C18H15ClN2O3S/c1-24-15-8-3-2-7-14(15)20-11-21-17(22)16(25-18(21)23)10-12-5-4-6-13(19)9-12/h2-10,20H,11H2,1H3/b16-10-. The van der Waals surface area contributed by atoms with Gasteiger partial charge in [-0.15, -0.1) is 0 Å². The highest BCUT2D eigenvalue weighted by Crippen LogP contribution is 2.33. The fraction of sp³-hybridized carbons (Fsp3) is 0.111. The lowest BCUT2D eigenvalue weighted by Gasteiger charge is -2.16. The van der Waals surface area contributed by atoms with Crippen molar-refractivity contribution in [2.24, 2.45) is 0 Å². The summed E-state index contributed by atoms with van der Waals surface area (Å²) < 4.78 is 5.25. The number of thioether (sulfide) groups is 1. The molecule has 25 heavy (non-hydrogen) atoms. The fourth-order valence-corrected chi connectivity index (χ4v) is 3.38. The van der Waals surface area contributed by atoms with Crippen LogP contribution in [0.5, 0.6) is 5.75 Å². The Morgan fingerprint density at radius 2 is 2.00 bits per heavy atom. The maximum Gasteiger partial charge on any atom is 0.295 e. The summed E-state index contributed by atoms with van der Waals surface area (Å²) in [4.78, 5) is 26.2. The highest BCUT2D eigenvalue weighted by molar-refractivity contribution is 8.18. The van der Waals surface area contributed by atoms with Crippen LogP contribution in [0.25, 0.3) is 6.08 Å². The van der Waals surface area contributed by atoms with Gasteiger partial charge in [0, 0.05) is 5.02 Å². The summed E-state index contributed by atoms with van der Waals surface area (Å²) in [6, 6.07) is 14.4. The van der Waals surface area contributed by atoms with Gasteiger partial charge in [-0.25, -0.2) is 0 Å². The lowest BCUT2D eigenvalue weighted by atomic mass is 10.2. The van der Waals surface area contributed by atoms with Crippen LogP contribution in [0.3, 0.4) is 0 Å². The van der Waals surface area contributed by atoms with E-state index in [0.717, 1.165) is 22.2 Å². The molecule has 128 valence electrons. The van der Waals surface area contributed by atoms with E-state index in [4.69, 9.17) is 16.3 Å². The van der Waals surface area contributed by atoms with Crippen molar-refractivity contribution in [3.63, 3.8) is 0 Å². The maximum absolute atomic E-state index is 12.5. The first-order valence-corrected chi connectivity index (χ1v) is 8.66. The quantitative estimate of drug-likeness (QED) is 0.783. The van der Waals surface area contributed by atoms with Crippen molar-refractivity contribution in [1.82, 2.24) is 4.90 Å². The average molecular weight is 375 g/mol. The number of rotatable bonds is 5. The number of methoxy groups -OCH3 is 1. The molecule has 1 saturated heterocycles. The molecule has 2 amide bonds. The first-order chi connectivity index (χ1) is 12.1. The molecular formula is C18H15ClN2O3S. The second-order valence-corrected chi connectivity index (χ2v) is 6.63. The van der Waals surface area contributed by atoms with Crippen LogP contribution in [-0.4, -0.2) is 29.8 Å². The number of halogens is 1. The first-order valence-electron chi connectivity index (χ1n) is 7.46. The summed E-state index contributed by atoms with van der Waals surface area (Å²) in [7, 11) is 1.56. The van der Waals surface area contributed by atoms with Gasteiger partial charge in [0.15, 0.2) is 0 Å². The van der Waals surface area contributed by atoms with E-state index in [9.17, 15) is 9.59 Å².